The Morgan fingerprint density at radius 3 is 2.73 bits per heavy atom. The number of hydrogen-bond donors (Lipinski definition) is 1. The summed E-state index contributed by atoms with van der Waals surface area (Å²) in [5.41, 5.74) is 1.06. The van der Waals surface area contributed by atoms with E-state index >= 15 is 0 Å². The van der Waals surface area contributed by atoms with Crippen LogP contribution in [0.5, 0.6) is 0 Å². The van der Waals surface area contributed by atoms with E-state index in [-0.39, 0.29) is 0 Å². The van der Waals surface area contributed by atoms with Crippen LogP contribution in [0.3, 0.4) is 0 Å². The van der Waals surface area contributed by atoms with E-state index in [2.05, 4.69) is 0 Å². The second-order valence-electron chi connectivity index (χ2n) is 4.06. The molecule has 0 aliphatic carbocycles. The van der Waals surface area contributed by atoms with Crippen LogP contribution in [-0.4, -0.2) is 5.11 Å². The third-order valence-corrected chi connectivity index (χ3v) is 2.43. The Kier molecular flexibility index (Phi) is 4.35. The molecular weight excluding hydrogens is 188 g/mol. The summed E-state index contributed by atoms with van der Waals surface area (Å²) in [4.78, 5) is 0. The summed E-state index contributed by atoms with van der Waals surface area (Å²) < 4.78 is 5.24. The maximum Gasteiger partial charge on any atom is 0.278 e. The van der Waals surface area contributed by atoms with E-state index in [4.69, 9.17) is 4.42 Å². The highest BCUT2D eigenvalue weighted by Gasteiger charge is 2.15. The number of rotatable bonds is 5. The summed E-state index contributed by atoms with van der Waals surface area (Å²) in [7, 11) is 0. The molecule has 0 saturated carbocycles. The predicted molar refractivity (Wildman–Crippen MR) is 61.6 cm³/mol. The molecule has 0 aliphatic rings. The van der Waals surface area contributed by atoms with Crippen molar-refractivity contribution in [3.8, 4) is 0 Å². The first kappa shape index (κ1) is 11.8. The van der Waals surface area contributed by atoms with Gasteiger partial charge in [-0.1, -0.05) is 0 Å². The molecule has 0 radical (unpaired) electrons. The Balaban J connectivity index is 2.34. The lowest BCUT2D eigenvalue weighted by Crippen LogP contribution is -1.95. The number of aliphatic hydroxyl groups excluding tert-OH is 1. The Morgan fingerprint density at radius 2 is 2.20 bits per heavy atom. The molecule has 0 spiro atoms. The Bertz CT molecular complexity index is 307. The minimum atomic E-state index is 0.453. The molecule has 0 fully saturated rings. The Labute approximate surface area is 91.6 Å². The molecule has 2 heteroatoms. The van der Waals surface area contributed by atoms with Crippen LogP contribution in [-0.2, 0) is 6.42 Å². The van der Waals surface area contributed by atoms with Gasteiger partial charge >= 0.3 is 0 Å². The second-order valence-corrected chi connectivity index (χ2v) is 4.06. The van der Waals surface area contributed by atoms with Gasteiger partial charge in [-0.15, -0.1) is 0 Å². The molecule has 15 heavy (non-hydrogen) atoms. The average Bonchev–Trinajstić information content (AvgIpc) is 2.69. The third-order valence-electron chi connectivity index (χ3n) is 2.43. The first-order valence-corrected chi connectivity index (χ1v) is 5.33. The normalized spacial score (nSPS) is 12.5. The lowest BCUT2D eigenvalue weighted by molar-refractivity contribution is 0.395. The molecule has 1 N–H and O–H groups in total. The van der Waals surface area contributed by atoms with Crippen LogP contribution in [0.25, 0.3) is 0 Å². The molecule has 1 heterocycles. The highest BCUT2D eigenvalue weighted by atomic mass is 16.3. The summed E-state index contributed by atoms with van der Waals surface area (Å²) in [6.07, 6.45) is 4.55. The SMILES string of the molecule is CC(CCCc1ccco1)=C(O)[C+](C)C. The Morgan fingerprint density at radius 1 is 1.47 bits per heavy atom. The maximum absolute atomic E-state index is 9.67. The quantitative estimate of drug-likeness (QED) is 0.583. The van der Waals surface area contributed by atoms with Gasteiger partial charge in [0.25, 0.3) is 5.76 Å². The zero-order chi connectivity index (χ0) is 11.3. The van der Waals surface area contributed by atoms with Crippen molar-refractivity contribution in [2.45, 2.75) is 40.0 Å². The smallest absolute Gasteiger partial charge is 0.278 e. The fraction of sp³-hybridized carbons (Fsp3) is 0.462. The molecule has 1 aromatic heterocycles. The standard InChI is InChI=1S/C13H18O2/c1-10(2)13(14)11(3)6-4-7-12-8-5-9-15-12/h5,8-9H,4,6-7H2,1-3H3/p+1. The topological polar surface area (TPSA) is 33.4 Å². The molecule has 0 aromatic carbocycles. The summed E-state index contributed by atoms with van der Waals surface area (Å²) in [6.45, 7) is 5.82. The molecule has 0 unspecified atom stereocenters. The van der Waals surface area contributed by atoms with Gasteiger partial charge in [0.05, 0.1) is 17.8 Å². The summed E-state index contributed by atoms with van der Waals surface area (Å²) >= 11 is 0. The zero-order valence-corrected chi connectivity index (χ0v) is 9.71. The van der Waals surface area contributed by atoms with Gasteiger partial charge < -0.3 is 9.52 Å². The zero-order valence-electron chi connectivity index (χ0n) is 9.71. The minimum Gasteiger partial charge on any atom is -0.477 e. The van der Waals surface area contributed by atoms with E-state index in [0.717, 1.165) is 36.5 Å². The lowest BCUT2D eigenvalue weighted by Gasteiger charge is -1.99. The molecule has 1 aromatic rings. The van der Waals surface area contributed by atoms with Gasteiger partial charge in [-0.3, -0.25) is 0 Å². The molecule has 0 atom stereocenters. The van der Waals surface area contributed by atoms with Gasteiger partial charge in [-0.05, 0) is 18.6 Å². The van der Waals surface area contributed by atoms with Crippen molar-refractivity contribution in [1.29, 1.82) is 0 Å². The highest BCUT2D eigenvalue weighted by Crippen LogP contribution is 2.18. The van der Waals surface area contributed by atoms with Crippen molar-refractivity contribution in [1.82, 2.24) is 0 Å². The molecule has 0 saturated heterocycles. The van der Waals surface area contributed by atoms with Crippen LogP contribution in [0.4, 0.5) is 0 Å². The molecule has 2 nitrogen and oxygen atoms in total. The predicted octanol–water partition coefficient (Wildman–Crippen LogP) is 4.05. The van der Waals surface area contributed by atoms with Crippen LogP contribution < -0.4 is 0 Å². The van der Waals surface area contributed by atoms with Crippen LogP contribution in [0.2, 0.25) is 0 Å². The van der Waals surface area contributed by atoms with Crippen LogP contribution in [0.1, 0.15) is 39.4 Å². The van der Waals surface area contributed by atoms with Crippen molar-refractivity contribution in [2.24, 2.45) is 0 Å². The summed E-state index contributed by atoms with van der Waals surface area (Å²) in [5, 5.41) is 9.67. The third kappa shape index (κ3) is 3.74. The van der Waals surface area contributed by atoms with Crippen molar-refractivity contribution < 1.29 is 9.52 Å². The minimum absolute atomic E-state index is 0.453. The van der Waals surface area contributed by atoms with Crippen LogP contribution in [0, 0.1) is 5.92 Å². The van der Waals surface area contributed by atoms with E-state index in [1.807, 2.05) is 32.9 Å². The molecule has 0 bridgehead atoms. The van der Waals surface area contributed by atoms with E-state index in [1.165, 1.54) is 0 Å². The van der Waals surface area contributed by atoms with E-state index < -0.39 is 0 Å². The van der Waals surface area contributed by atoms with E-state index in [1.54, 1.807) is 6.26 Å². The molecule has 0 amide bonds. The first-order chi connectivity index (χ1) is 7.11. The summed E-state index contributed by atoms with van der Waals surface area (Å²) in [6, 6.07) is 3.88. The van der Waals surface area contributed by atoms with Gasteiger partial charge in [-0.2, -0.15) is 0 Å². The van der Waals surface area contributed by atoms with Gasteiger partial charge in [0.1, 0.15) is 5.76 Å². The number of furan rings is 1. The van der Waals surface area contributed by atoms with Crippen molar-refractivity contribution in [3.05, 3.63) is 41.4 Å². The molecule has 82 valence electrons. The van der Waals surface area contributed by atoms with E-state index in [9.17, 15) is 5.11 Å². The second kappa shape index (κ2) is 5.54. The fourth-order valence-corrected chi connectivity index (χ4v) is 1.53. The van der Waals surface area contributed by atoms with Gasteiger partial charge in [0, 0.05) is 33.6 Å². The first-order valence-electron chi connectivity index (χ1n) is 5.33. The van der Waals surface area contributed by atoms with Crippen LogP contribution >= 0.6 is 0 Å². The van der Waals surface area contributed by atoms with Crippen molar-refractivity contribution in [2.75, 3.05) is 0 Å². The maximum atomic E-state index is 9.67. The van der Waals surface area contributed by atoms with Crippen LogP contribution in [0.15, 0.2) is 34.1 Å². The monoisotopic (exact) mass is 207 g/mol. The molecular formula is C13H19O2+. The number of aliphatic hydroxyl groups is 1. The molecule has 1 rings (SSSR count). The van der Waals surface area contributed by atoms with Crippen molar-refractivity contribution in [3.63, 3.8) is 0 Å². The van der Waals surface area contributed by atoms with E-state index in [0.29, 0.717) is 5.76 Å². The van der Waals surface area contributed by atoms with Gasteiger partial charge in [-0.25, -0.2) is 0 Å². The number of allylic oxidation sites excluding steroid dienone is 2. The lowest BCUT2D eigenvalue weighted by atomic mass is 10.0. The average molecular weight is 207 g/mol. The fourth-order valence-electron chi connectivity index (χ4n) is 1.53. The molecule has 0 aliphatic heterocycles. The number of hydrogen-bond acceptors (Lipinski definition) is 2. The van der Waals surface area contributed by atoms with Gasteiger partial charge in [0.15, 0.2) is 0 Å². The van der Waals surface area contributed by atoms with Gasteiger partial charge in [0.2, 0.25) is 0 Å². The number of aryl methyl sites for hydroxylation is 1. The Hall–Kier alpha value is -1.31. The largest absolute Gasteiger partial charge is 0.477 e. The highest BCUT2D eigenvalue weighted by molar-refractivity contribution is 5.18. The summed E-state index contributed by atoms with van der Waals surface area (Å²) in [5.74, 6) is 2.44. The van der Waals surface area contributed by atoms with Crippen molar-refractivity contribution >= 4 is 0 Å².